The van der Waals surface area contributed by atoms with Gasteiger partial charge in [0.15, 0.2) is 0 Å². The Morgan fingerprint density at radius 3 is 2.74 bits per heavy atom. The minimum absolute atomic E-state index is 0.224. The van der Waals surface area contributed by atoms with E-state index >= 15 is 0 Å². The average Bonchev–Trinajstić information content (AvgIpc) is 2.97. The van der Waals surface area contributed by atoms with Crippen molar-refractivity contribution in [3.63, 3.8) is 0 Å². The third-order valence-corrected chi connectivity index (χ3v) is 5.80. The van der Waals surface area contributed by atoms with Gasteiger partial charge in [0.1, 0.15) is 0 Å². The van der Waals surface area contributed by atoms with Crippen molar-refractivity contribution in [1.29, 1.82) is 0 Å². The first-order valence-electron chi connectivity index (χ1n) is 5.64. The summed E-state index contributed by atoms with van der Waals surface area (Å²) >= 11 is 2.94. The van der Waals surface area contributed by atoms with Gasteiger partial charge in [-0.05, 0) is 25.4 Å². The molecule has 0 fully saturated rings. The average molecular weight is 317 g/mol. The number of aromatic nitrogens is 1. The van der Waals surface area contributed by atoms with Gasteiger partial charge in [0.05, 0.1) is 22.1 Å². The molecule has 0 aliphatic heterocycles. The molecule has 0 aliphatic rings. The molecule has 2 N–H and O–H groups in total. The Bertz CT molecular complexity index is 646. The Hall–Kier alpha value is -0.800. The van der Waals surface area contributed by atoms with Crippen molar-refractivity contribution in [2.75, 3.05) is 7.05 Å². The van der Waals surface area contributed by atoms with Crippen molar-refractivity contribution >= 4 is 32.7 Å². The summed E-state index contributed by atoms with van der Waals surface area (Å²) in [6, 6.07) is 1.63. The van der Waals surface area contributed by atoms with Gasteiger partial charge < -0.3 is 5.32 Å². The van der Waals surface area contributed by atoms with E-state index in [9.17, 15) is 8.42 Å². The largest absolute Gasteiger partial charge is 0.315 e. The third kappa shape index (κ3) is 3.61. The summed E-state index contributed by atoms with van der Waals surface area (Å²) in [4.78, 5) is 5.39. The molecule has 0 saturated heterocycles. The van der Waals surface area contributed by atoms with Crippen LogP contribution in [0.1, 0.15) is 15.6 Å². The van der Waals surface area contributed by atoms with Gasteiger partial charge in [0, 0.05) is 16.8 Å². The molecule has 8 heteroatoms. The molecule has 2 aromatic rings. The lowest BCUT2D eigenvalue weighted by Gasteiger charge is -2.06. The summed E-state index contributed by atoms with van der Waals surface area (Å²) < 4.78 is 27.0. The van der Waals surface area contributed by atoms with Crippen molar-refractivity contribution in [3.8, 4) is 0 Å². The van der Waals surface area contributed by atoms with Crippen LogP contribution >= 0.6 is 22.7 Å². The lowest BCUT2D eigenvalue weighted by atomic mass is 10.5. The van der Waals surface area contributed by atoms with Gasteiger partial charge in [-0.2, -0.15) is 0 Å². The molecule has 19 heavy (non-hydrogen) atoms. The highest BCUT2D eigenvalue weighted by Gasteiger charge is 2.19. The van der Waals surface area contributed by atoms with Crippen molar-refractivity contribution in [1.82, 2.24) is 15.0 Å². The molecule has 104 valence electrons. The molecule has 0 aromatic carbocycles. The standard InChI is InChI=1S/C11H15N3O2S3/c1-8-14-9(7-18-8)5-13-19(15,16)11-3-4-17-10(11)6-12-2/h3-4,7,12-13H,5-6H2,1-2H3. The van der Waals surface area contributed by atoms with E-state index in [0.717, 1.165) is 15.6 Å². The smallest absolute Gasteiger partial charge is 0.242 e. The molecule has 2 heterocycles. The maximum atomic E-state index is 12.2. The maximum Gasteiger partial charge on any atom is 0.242 e. The first kappa shape index (κ1) is 14.6. The second-order valence-corrected chi connectivity index (χ2v) is 7.72. The van der Waals surface area contributed by atoms with Crippen LogP contribution in [0.4, 0.5) is 0 Å². The number of rotatable bonds is 6. The van der Waals surface area contributed by atoms with Crippen molar-refractivity contribution in [3.05, 3.63) is 32.4 Å². The number of aryl methyl sites for hydroxylation is 1. The van der Waals surface area contributed by atoms with Crippen LogP contribution in [0.15, 0.2) is 21.7 Å². The van der Waals surface area contributed by atoms with Crippen molar-refractivity contribution < 1.29 is 8.42 Å². The molecule has 0 aliphatic carbocycles. The van der Waals surface area contributed by atoms with Crippen LogP contribution < -0.4 is 10.0 Å². The van der Waals surface area contributed by atoms with Gasteiger partial charge in [-0.25, -0.2) is 18.1 Å². The highest BCUT2D eigenvalue weighted by molar-refractivity contribution is 7.89. The van der Waals surface area contributed by atoms with E-state index in [4.69, 9.17) is 0 Å². The summed E-state index contributed by atoms with van der Waals surface area (Å²) in [5, 5.41) is 7.55. The van der Waals surface area contributed by atoms with Crippen LogP contribution in [-0.2, 0) is 23.1 Å². The lowest BCUT2D eigenvalue weighted by Crippen LogP contribution is -2.24. The van der Waals surface area contributed by atoms with Crippen LogP contribution in [0, 0.1) is 6.92 Å². The van der Waals surface area contributed by atoms with E-state index in [1.54, 1.807) is 18.5 Å². The highest BCUT2D eigenvalue weighted by Crippen LogP contribution is 2.21. The van der Waals surface area contributed by atoms with Crippen LogP contribution in [0.25, 0.3) is 0 Å². The number of hydrogen-bond donors (Lipinski definition) is 2. The van der Waals surface area contributed by atoms with E-state index in [0.29, 0.717) is 11.4 Å². The van der Waals surface area contributed by atoms with Gasteiger partial charge >= 0.3 is 0 Å². The van der Waals surface area contributed by atoms with Gasteiger partial charge in [-0.1, -0.05) is 0 Å². The molecule has 0 bridgehead atoms. The van der Waals surface area contributed by atoms with Crippen molar-refractivity contribution in [2.24, 2.45) is 0 Å². The number of nitrogens with one attached hydrogen (secondary N) is 2. The normalized spacial score (nSPS) is 11.9. The van der Waals surface area contributed by atoms with E-state index in [2.05, 4.69) is 15.0 Å². The molecular weight excluding hydrogens is 302 g/mol. The summed E-state index contributed by atoms with van der Waals surface area (Å²) in [6.07, 6.45) is 0. The molecule has 0 spiro atoms. The lowest BCUT2D eigenvalue weighted by molar-refractivity contribution is 0.579. The number of thiazole rings is 1. The quantitative estimate of drug-likeness (QED) is 0.851. The van der Waals surface area contributed by atoms with E-state index in [1.165, 1.54) is 22.7 Å². The second kappa shape index (κ2) is 6.10. The van der Waals surface area contributed by atoms with Gasteiger partial charge in [-0.3, -0.25) is 0 Å². The molecule has 0 unspecified atom stereocenters. The van der Waals surface area contributed by atoms with Crippen LogP contribution in [0.2, 0.25) is 0 Å². The van der Waals surface area contributed by atoms with Gasteiger partial charge in [0.25, 0.3) is 0 Å². The number of nitrogens with zero attached hydrogens (tertiary/aromatic N) is 1. The first-order valence-corrected chi connectivity index (χ1v) is 8.89. The fourth-order valence-electron chi connectivity index (χ4n) is 1.59. The zero-order valence-electron chi connectivity index (χ0n) is 10.6. The summed E-state index contributed by atoms with van der Waals surface area (Å²) in [7, 11) is -1.68. The molecule has 0 radical (unpaired) electrons. The molecule has 2 aromatic heterocycles. The highest BCUT2D eigenvalue weighted by atomic mass is 32.2. The molecule has 0 amide bonds. The topological polar surface area (TPSA) is 71.1 Å². The van der Waals surface area contributed by atoms with Gasteiger partial charge in [-0.15, -0.1) is 22.7 Å². The Morgan fingerprint density at radius 2 is 2.11 bits per heavy atom. The Labute approximate surface area is 120 Å². The molecule has 2 rings (SSSR count). The predicted molar refractivity (Wildman–Crippen MR) is 78.0 cm³/mol. The summed E-state index contributed by atoms with van der Waals surface area (Å²) in [5.41, 5.74) is 0.747. The molecule has 0 atom stereocenters. The fourth-order valence-corrected chi connectivity index (χ4v) is 4.66. The van der Waals surface area contributed by atoms with E-state index in [1.807, 2.05) is 12.3 Å². The Kier molecular flexibility index (Phi) is 4.69. The number of thiophene rings is 1. The maximum absolute atomic E-state index is 12.2. The SMILES string of the molecule is CNCc1sccc1S(=O)(=O)NCc1csc(C)n1. The molecular formula is C11H15N3O2S3. The van der Waals surface area contributed by atoms with Crippen molar-refractivity contribution in [2.45, 2.75) is 24.9 Å². The molecule has 0 saturated carbocycles. The van der Waals surface area contributed by atoms with Crippen LogP contribution in [0.5, 0.6) is 0 Å². The monoisotopic (exact) mass is 317 g/mol. The number of sulfonamides is 1. The van der Waals surface area contributed by atoms with E-state index in [-0.39, 0.29) is 6.54 Å². The van der Waals surface area contributed by atoms with Gasteiger partial charge in [0.2, 0.25) is 10.0 Å². The Morgan fingerprint density at radius 1 is 1.32 bits per heavy atom. The third-order valence-electron chi connectivity index (χ3n) is 2.44. The zero-order chi connectivity index (χ0) is 13.9. The number of hydrogen-bond acceptors (Lipinski definition) is 6. The predicted octanol–water partition coefficient (Wildman–Crippen LogP) is 1.71. The minimum Gasteiger partial charge on any atom is -0.315 e. The summed E-state index contributed by atoms with van der Waals surface area (Å²) in [5.74, 6) is 0. The van der Waals surface area contributed by atoms with Crippen LogP contribution in [-0.4, -0.2) is 20.4 Å². The van der Waals surface area contributed by atoms with Crippen LogP contribution in [0.3, 0.4) is 0 Å². The first-order chi connectivity index (χ1) is 9.03. The summed E-state index contributed by atoms with van der Waals surface area (Å²) in [6.45, 7) is 2.66. The fraction of sp³-hybridized carbons (Fsp3) is 0.364. The minimum atomic E-state index is -3.47. The zero-order valence-corrected chi connectivity index (χ0v) is 13.1. The van der Waals surface area contributed by atoms with E-state index < -0.39 is 10.0 Å². The molecule has 5 nitrogen and oxygen atoms in total. The second-order valence-electron chi connectivity index (χ2n) is 3.92. The Balaban J connectivity index is 2.11.